The van der Waals surface area contributed by atoms with Crippen molar-refractivity contribution in [3.8, 4) is 0 Å². The van der Waals surface area contributed by atoms with E-state index in [0.717, 1.165) is 29.1 Å². The van der Waals surface area contributed by atoms with Crippen molar-refractivity contribution < 1.29 is 4.79 Å². The van der Waals surface area contributed by atoms with Crippen molar-refractivity contribution in [2.24, 2.45) is 0 Å². The van der Waals surface area contributed by atoms with Gasteiger partial charge in [0.05, 0.1) is 12.2 Å². The number of anilines is 1. The average Bonchev–Trinajstić information content (AvgIpc) is 3.39. The van der Waals surface area contributed by atoms with Gasteiger partial charge in [-0.05, 0) is 37.0 Å². The smallest absolute Gasteiger partial charge is 0.319 e. The second-order valence-corrected chi connectivity index (χ2v) is 5.53. The molecular weight excluding hydrogens is 276 g/mol. The molecule has 0 unspecified atom stereocenters. The number of hydrogen-bond donors (Lipinski definition) is 2. The second kappa shape index (κ2) is 6.56. The van der Waals surface area contributed by atoms with Crippen LogP contribution in [-0.2, 0) is 13.0 Å². The van der Waals surface area contributed by atoms with Crippen LogP contribution in [0.4, 0.5) is 10.5 Å². The molecule has 1 fully saturated rings. The molecular formula is C17H20N4O. The Labute approximate surface area is 130 Å². The Hall–Kier alpha value is -2.43. The molecule has 0 atom stereocenters. The van der Waals surface area contributed by atoms with Gasteiger partial charge in [-0.15, -0.1) is 0 Å². The quantitative estimate of drug-likeness (QED) is 0.890. The molecule has 22 heavy (non-hydrogen) atoms. The Morgan fingerprint density at radius 3 is 2.86 bits per heavy atom. The topological polar surface area (TPSA) is 66.9 Å². The van der Waals surface area contributed by atoms with Gasteiger partial charge in [-0.1, -0.05) is 25.1 Å². The summed E-state index contributed by atoms with van der Waals surface area (Å²) in [7, 11) is 0. The van der Waals surface area contributed by atoms with E-state index < -0.39 is 0 Å². The maximum atomic E-state index is 12.0. The molecule has 1 heterocycles. The highest BCUT2D eigenvalue weighted by atomic mass is 16.2. The zero-order valence-electron chi connectivity index (χ0n) is 12.7. The van der Waals surface area contributed by atoms with Gasteiger partial charge in [0.2, 0.25) is 0 Å². The number of urea groups is 1. The number of benzene rings is 1. The molecule has 2 aromatic rings. The minimum absolute atomic E-state index is 0.215. The van der Waals surface area contributed by atoms with Gasteiger partial charge in [0, 0.05) is 17.3 Å². The molecule has 0 spiro atoms. The number of nitrogens with zero attached hydrogens (tertiary/aromatic N) is 2. The molecule has 1 aliphatic carbocycles. The lowest BCUT2D eigenvalue weighted by molar-refractivity contribution is 0.251. The van der Waals surface area contributed by atoms with Crippen molar-refractivity contribution in [2.75, 3.05) is 5.32 Å². The molecule has 0 saturated heterocycles. The number of aryl methyl sites for hydroxylation is 1. The molecule has 1 aromatic heterocycles. The fourth-order valence-electron chi connectivity index (χ4n) is 2.40. The van der Waals surface area contributed by atoms with Crippen LogP contribution in [0.3, 0.4) is 0 Å². The molecule has 2 amide bonds. The van der Waals surface area contributed by atoms with Crippen LogP contribution in [0.15, 0.2) is 36.7 Å². The number of carbonyl (C=O) groups is 1. The summed E-state index contributed by atoms with van der Waals surface area (Å²) in [6.07, 6.45) is 4.87. The predicted molar refractivity (Wildman–Crippen MR) is 85.7 cm³/mol. The summed E-state index contributed by atoms with van der Waals surface area (Å²) in [6.45, 7) is 2.47. The van der Waals surface area contributed by atoms with Crippen LogP contribution < -0.4 is 10.6 Å². The lowest BCUT2D eigenvalue weighted by Gasteiger charge is -2.11. The third-order valence-corrected chi connectivity index (χ3v) is 3.82. The van der Waals surface area contributed by atoms with Crippen LogP contribution in [0.25, 0.3) is 0 Å². The van der Waals surface area contributed by atoms with Crippen molar-refractivity contribution in [3.63, 3.8) is 0 Å². The molecule has 114 valence electrons. The maximum Gasteiger partial charge on any atom is 0.319 e. The zero-order chi connectivity index (χ0) is 15.4. The first-order valence-electron chi connectivity index (χ1n) is 7.70. The second-order valence-electron chi connectivity index (χ2n) is 5.53. The van der Waals surface area contributed by atoms with E-state index in [1.807, 2.05) is 30.3 Å². The fraction of sp³-hybridized carbons (Fsp3) is 0.353. The van der Waals surface area contributed by atoms with Gasteiger partial charge >= 0.3 is 6.03 Å². The van der Waals surface area contributed by atoms with Gasteiger partial charge in [0.15, 0.2) is 0 Å². The Bertz CT molecular complexity index is 667. The average molecular weight is 296 g/mol. The molecule has 1 aromatic carbocycles. The molecule has 3 rings (SSSR count). The number of nitrogens with one attached hydrogen (secondary N) is 2. The van der Waals surface area contributed by atoms with E-state index in [1.54, 1.807) is 6.33 Å². The summed E-state index contributed by atoms with van der Waals surface area (Å²) in [5.74, 6) is 0.590. The van der Waals surface area contributed by atoms with Crippen LogP contribution in [0.2, 0.25) is 0 Å². The van der Waals surface area contributed by atoms with E-state index >= 15 is 0 Å². The Balaban J connectivity index is 1.57. The van der Waals surface area contributed by atoms with Crippen LogP contribution in [0.1, 0.15) is 42.6 Å². The van der Waals surface area contributed by atoms with E-state index in [-0.39, 0.29) is 6.03 Å². The Kier molecular flexibility index (Phi) is 4.32. The number of amides is 2. The number of aromatic nitrogens is 2. The van der Waals surface area contributed by atoms with Gasteiger partial charge in [-0.3, -0.25) is 0 Å². The molecule has 5 nitrogen and oxygen atoms in total. The van der Waals surface area contributed by atoms with E-state index in [1.165, 1.54) is 12.8 Å². The Morgan fingerprint density at radius 2 is 2.09 bits per heavy atom. The van der Waals surface area contributed by atoms with Gasteiger partial charge in [0.1, 0.15) is 6.33 Å². The third-order valence-electron chi connectivity index (χ3n) is 3.82. The van der Waals surface area contributed by atoms with Gasteiger partial charge in [0.25, 0.3) is 0 Å². The van der Waals surface area contributed by atoms with E-state index in [0.29, 0.717) is 12.5 Å². The van der Waals surface area contributed by atoms with Crippen LogP contribution in [0.5, 0.6) is 0 Å². The number of para-hydroxylation sites is 1. The maximum absolute atomic E-state index is 12.0. The summed E-state index contributed by atoms with van der Waals surface area (Å²) in [6, 6.07) is 9.59. The number of carbonyl (C=O) groups excluding carboxylic acids is 1. The molecule has 1 aliphatic rings. The predicted octanol–water partition coefficient (Wildman–Crippen LogP) is 3.24. The zero-order valence-corrected chi connectivity index (χ0v) is 12.7. The van der Waals surface area contributed by atoms with Crippen molar-refractivity contribution in [3.05, 3.63) is 53.6 Å². The normalized spacial score (nSPS) is 13.7. The van der Waals surface area contributed by atoms with Gasteiger partial charge in [-0.25, -0.2) is 14.8 Å². The summed E-state index contributed by atoms with van der Waals surface area (Å²) < 4.78 is 0. The number of hydrogen-bond acceptors (Lipinski definition) is 3. The van der Waals surface area contributed by atoms with Crippen LogP contribution >= 0.6 is 0 Å². The van der Waals surface area contributed by atoms with E-state index in [9.17, 15) is 4.79 Å². The first-order valence-corrected chi connectivity index (χ1v) is 7.70. The summed E-state index contributed by atoms with van der Waals surface area (Å²) in [4.78, 5) is 20.5. The highest BCUT2D eigenvalue weighted by Crippen LogP contribution is 2.38. The lowest BCUT2D eigenvalue weighted by atomic mass is 10.1. The highest BCUT2D eigenvalue weighted by Gasteiger charge is 2.25. The molecule has 1 saturated carbocycles. The third kappa shape index (κ3) is 3.61. The largest absolute Gasteiger partial charge is 0.332 e. The molecule has 5 heteroatoms. The van der Waals surface area contributed by atoms with E-state index in [4.69, 9.17) is 0 Å². The van der Waals surface area contributed by atoms with E-state index in [2.05, 4.69) is 27.5 Å². The summed E-state index contributed by atoms with van der Waals surface area (Å²) >= 11 is 0. The minimum atomic E-state index is -0.215. The number of rotatable bonds is 5. The van der Waals surface area contributed by atoms with Gasteiger partial charge < -0.3 is 10.6 Å². The van der Waals surface area contributed by atoms with Gasteiger partial charge in [-0.2, -0.15) is 0 Å². The minimum Gasteiger partial charge on any atom is -0.332 e. The molecule has 0 radical (unpaired) electrons. The molecule has 0 aliphatic heterocycles. The first kappa shape index (κ1) is 14.5. The lowest BCUT2D eigenvalue weighted by Crippen LogP contribution is -2.29. The van der Waals surface area contributed by atoms with Crippen LogP contribution in [-0.4, -0.2) is 16.0 Å². The highest BCUT2D eigenvalue weighted by molar-refractivity contribution is 5.90. The summed E-state index contributed by atoms with van der Waals surface area (Å²) in [5.41, 5.74) is 3.90. The van der Waals surface area contributed by atoms with Crippen molar-refractivity contribution in [1.82, 2.24) is 15.3 Å². The van der Waals surface area contributed by atoms with Crippen LogP contribution in [0, 0.1) is 0 Å². The SMILES string of the molecule is CCc1ccccc1NC(=O)NCc1cc(C2CC2)ncn1. The summed E-state index contributed by atoms with van der Waals surface area (Å²) in [5, 5.41) is 5.73. The fourth-order valence-corrected chi connectivity index (χ4v) is 2.40. The standard InChI is InChI=1S/C17H20N4O/c1-2-12-5-3-4-6-15(12)21-17(22)18-10-14-9-16(13-7-8-13)20-11-19-14/h3-6,9,11,13H,2,7-8,10H2,1H3,(H2,18,21,22). The molecule has 2 N–H and O–H groups in total. The van der Waals surface area contributed by atoms with Crippen molar-refractivity contribution >= 4 is 11.7 Å². The van der Waals surface area contributed by atoms with Crippen molar-refractivity contribution in [1.29, 1.82) is 0 Å². The van der Waals surface area contributed by atoms with Crippen molar-refractivity contribution in [2.45, 2.75) is 38.6 Å². The molecule has 0 bridgehead atoms. The first-order chi connectivity index (χ1) is 10.8. The Morgan fingerprint density at radius 1 is 1.27 bits per heavy atom. The monoisotopic (exact) mass is 296 g/mol.